The molecule has 0 heterocycles. The summed E-state index contributed by atoms with van der Waals surface area (Å²) < 4.78 is 38.0. The molecular weight excluding hydrogens is 677 g/mol. The summed E-state index contributed by atoms with van der Waals surface area (Å²) in [4.78, 5) is 4.98. The molecule has 0 saturated carbocycles. The van der Waals surface area contributed by atoms with Crippen molar-refractivity contribution in [3.63, 3.8) is 0 Å². The van der Waals surface area contributed by atoms with Crippen molar-refractivity contribution in [2.45, 2.75) is 30.6 Å². The van der Waals surface area contributed by atoms with Gasteiger partial charge in [0.05, 0.1) is 16.9 Å². The highest BCUT2D eigenvalue weighted by Gasteiger charge is 2.20. The van der Waals surface area contributed by atoms with Crippen LogP contribution in [-0.2, 0) is 9.84 Å². The van der Waals surface area contributed by atoms with Crippen molar-refractivity contribution in [3.05, 3.63) is 187 Å². The second-order valence-corrected chi connectivity index (χ2v) is 14.8. The average Bonchev–Trinajstić information content (AvgIpc) is 3.18. The summed E-state index contributed by atoms with van der Waals surface area (Å²) in [5.41, 5.74) is 9.29. The molecule has 0 aliphatic carbocycles. The Kier molecular flexibility index (Phi) is 10.0. The second kappa shape index (κ2) is 15.1. The van der Waals surface area contributed by atoms with Crippen LogP contribution in [0.25, 0.3) is 0 Å². The maximum Gasteiger partial charge on any atom is 0.206 e. The third kappa shape index (κ3) is 7.52. The van der Waals surface area contributed by atoms with Gasteiger partial charge in [-0.25, -0.2) is 8.42 Å². The van der Waals surface area contributed by atoms with Crippen LogP contribution in [0.1, 0.15) is 16.7 Å². The van der Waals surface area contributed by atoms with Gasteiger partial charge in [0.25, 0.3) is 0 Å². The molecule has 0 radical (unpaired) electrons. The Morgan fingerprint density at radius 2 is 0.830 bits per heavy atom. The predicted molar refractivity (Wildman–Crippen MR) is 215 cm³/mol. The standard InChI is InChI=1S/C46H40N2O4S/c1-33-15-25-43(26-16-33)53(49,50)44-27-21-40(22-28-44)52-42-24-30-46(35(3)32-42)48(37-13-9-6-10-14-37)39-19-17-38(18-20-39)47(36-11-7-5-8-12-36)45-29-23-41(51-4)31-34(45)2/h5-32H,1-4H3. The summed E-state index contributed by atoms with van der Waals surface area (Å²) in [5.74, 6) is 2.02. The predicted octanol–water partition coefficient (Wildman–Crippen LogP) is 12.2. The van der Waals surface area contributed by atoms with Crippen LogP contribution in [0, 0.1) is 20.8 Å². The van der Waals surface area contributed by atoms with Crippen LogP contribution in [0.2, 0.25) is 0 Å². The fourth-order valence-electron chi connectivity index (χ4n) is 6.38. The molecule has 0 bridgehead atoms. The van der Waals surface area contributed by atoms with Gasteiger partial charge in [-0.05, 0) is 153 Å². The van der Waals surface area contributed by atoms with E-state index in [9.17, 15) is 8.42 Å². The average molecular weight is 717 g/mol. The number of anilines is 6. The van der Waals surface area contributed by atoms with Crippen LogP contribution in [0.5, 0.6) is 17.2 Å². The lowest BCUT2D eigenvalue weighted by Gasteiger charge is -2.30. The molecule has 0 fully saturated rings. The Balaban J connectivity index is 1.18. The van der Waals surface area contributed by atoms with E-state index in [0.29, 0.717) is 11.5 Å². The Morgan fingerprint density at radius 3 is 1.28 bits per heavy atom. The maximum absolute atomic E-state index is 13.2. The largest absolute Gasteiger partial charge is 0.497 e. The van der Waals surface area contributed by atoms with Crippen molar-refractivity contribution < 1.29 is 17.9 Å². The number of para-hydroxylation sites is 2. The summed E-state index contributed by atoms with van der Waals surface area (Å²) in [6.07, 6.45) is 0. The normalized spacial score (nSPS) is 11.2. The van der Waals surface area contributed by atoms with Gasteiger partial charge in [0.1, 0.15) is 17.2 Å². The van der Waals surface area contributed by atoms with Crippen LogP contribution < -0.4 is 19.3 Å². The van der Waals surface area contributed by atoms with Gasteiger partial charge in [-0.2, -0.15) is 0 Å². The van der Waals surface area contributed by atoms with Crippen molar-refractivity contribution >= 4 is 44.0 Å². The SMILES string of the molecule is COc1ccc(N(c2ccccc2)c2ccc(N(c3ccccc3)c3ccc(Oc4ccc(S(=O)(=O)c5ccc(C)cc5)cc4)cc3C)cc2)c(C)c1. The van der Waals surface area contributed by atoms with E-state index in [2.05, 4.69) is 103 Å². The van der Waals surface area contributed by atoms with Crippen LogP contribution in [0.3, 0.4) is 0 Å². The van der Waals surface area contributed by atoms with Gasteiger partial charge in [-0.3, -0.25) is 0 Å². The minimum absolute atomic E-state index is 0.218. The summed E-state index contributed by atoms with van der Waals surface area (Å²) >= 11 is 0. The van der Waals surface area contributed by atoms with Gasteiger partial charge >= 0.3 is 0 Å². The van der Waals surface area contributed by atoms with Crippen LogP contribution >= 0.6 is 0 Å². The highest BCUT2D eigenvalue weighted by atomic mass is 32.2. The van der Waals surface area contributed by atoms with Gasteiger partial charge in [-0.15, -0.1) is 0 Å². The van der Waals surface area contributed by atoms with Crippen molar-refractivity contribution in [1.29, 1.82) is 0 Å². The van der Waals surface area contributed by atoms with E-state index in [1.165, 1.54) is 0 Å². The van der Waals surface area contributed by atoms with Crippen molar-refractivity contribution in [3.8, 4) is 17.2 Å². The van der Waals surface area contributed by atoms with E-state index in [4.69, 9.17) is 9.47 Å². The number of sulfone groups is 1. The van der Waals surface area contributed by atoms with Crippen LogP contribution in [0.15, 0.2) is 180 Å². The minimum Gasteiger partial charge on any atom is -0.497 e. The van der Waals surface area contributed by atoms with Gasteiger partial charge in [0, 0.05) is 34.1 Å². The Hall–Kier alpha value is -6.31. The molecule has 0 spiro atoms. The van der Waals surface area contributed by atoms with E-state index in [0.717, 1.165) is 56.6 Å². The lowest BCUT2D eigenvalue weighted by Crippen LogP contribution is -2.13. The quantitative estimate of drug-likeness (QED) is 0.133. The molecule has 7 heteroatoms. The molecule has 0 N–H and O–H groups in total. The number of nitrogens with zero attached hydrogens (tertiary/aromatic N) is 2. The monoisotopic (exact) mass is 716 g/mol. The number of hydrogen-bond donors (Lipinski definition) is 0. The molecule has 0 unspecified atom stereocenters. The summed E-state index contributed by atoms with van der Waals surface area (Å²) in [6, 6.07) is 54.8. The number of rotatable bonds is 11. The molecular formula is C46H40N2O4S. The maximum atomic E-state index is 13.2. The zero-order valence-electron chi connectivity index (χ0n) is 30.1. The molecule has 264 valence electrons. The molecule has 0 aromatic heterocycles. The first-order valence-electron chi connectivity index (χ1n) is 17.4. The molecule has 0 aliphatic heterocycles. The molecule has 7 rings (SSSR count). The molecule has 0 amide bonds. The van der Waals surface area contributed by atoms with Crippen LogP contribution in [0.4, 0.5) is 34.1 Å². The lowest BCUT2D eigenvalue weighted by molar-refractivity contribution is 0.414. The second-order valence-electron chi connectivity index (χ2n) is 12.8. The third-order valence-corrected chi connectivity index (χ3v) is 10.9. The Morgan fingerprint density at radius 1 is 0.434 bits per heavy atom. The highest BCUT2D eigenvalue weighted by Crippen LogP contribution is 2.42. The molecule has 0 aliphatic rings. The fraction of sp³-hybridized carbons (Fsp3) is 0.0870. The first-order valence-corrected chi connectivity index (χ1v) is 18.8. The zero-order chi connectivity index (χ0) is 37.0. The van der Waals surface area contributed by atoms with E-state index < -0.39 is 9.84 Å². The first kappa shape index (κ1) is 35.1. The number of hydrogen-bond acceptors (Lipinski definition) is 6. The van der Waals surface area contributed by atoms with E-state index in [-0.39, 0.29) is 9.79 Å². The Bertz CT molecular complexity index is 2430. The van der Waals surface area contributed by atoms with Crippen LogP contribution in [-0.4, -0.2) is 15.5 Å². The van der Waals surface area contributed by atoms with Gasteiger partial charge < -0.3 is 19.3 Å². The molecule has 0 atom stereocenters. The zero-order valence-corrected chi connectivity index (χ0v) is 30.9. The first-order chi connectivity index (χ1) is 25.7. The Labute approximate surface area is 312 Å². The molecule has 7 aromatic carbocycles. The van der Waals surface area contributed by atoms with Gasteiger partial charge in [0.15, 0.2) is 0 Å². The third-order valence-electron chi connectivity index (χ3n) is 9.15. The minimum atomic E-state index is -3.63. The molecule has 6 nitrogen and oxygen atoms in total. The highest BCUT2D eigenvalue weighted by molar-refractivity contribution is 7.91. The summed E-state index contributed by atoms with van der Waals surface area (Å²) in [5, 5.41) is 0. The van der Waals surface area contributed by atoms with Gasteiger partial charge in [-0.1, -0.05) is 54.1 Å². The molecule has 53 heavy (non-hydrogen) atoms. The number of ether oxygens (including phenoxy) is 2. The lowest BCUT2D eigenvalue weighted by atomic mass is 10.1. The summed E-state index contributed by atoms with van der Waals surface area (Å²) in [7, 11) is -1.94. The summed E-state index contributed by atoms with van der Waals surface area (Å²) in [6.45, 7) is 6.09. The van der Waals surface area contributed by atoms with E-state index in [1.807, 2.05) is 49.4 Å². The van der Waals surface area contributed by atoms with Crippen molar-refractivity contribution in [1.82, 2.24) is 0 Å². The number of methoxy groups -OCH3 is 1. The molecule has 7 aromatic rings. The fourth-order valence-corrected chi connectivity index (χ4v) is 7.64. The van der Waals surface area contributed by atoms with Crippen molar-refractivity contribution in [2.75, 3.05) is 16.9 Å². The topological polar surface area (TPSA) is 59.1 Å². The number of aryl methyl sites for hydroxylation is 3. The van der Waals surface area contributed by atoms with Crippen molar-refractivity contribution in [2.24, 2.45) is 0 Å². The van der Waals surface area contributed by atoms with E-state index in [1.54, 1.807) is 55.6 Å². The number of benzene rings is 7. The molecule has 0 saturated heterocycles. The van der Waals surface area contributed by atoms with Gasteiger partial charge in [0.2, 0.25) is 9.84 Å². The smallest absolute Gasteiger partial charge is 0.206 e. The van der Waals surface area contributed by atoms with E-state index >= 15 is 0 Å².